The molecule has 3 aromatic carbocycles. The van der Waals surface area contributed by atoms with E-state index < -0.39 is 0 Å². The maximum Gasteiger partial charge on any atom is 0.0400 e. The summed E-state index contributed by atoms with van der Waals surface area (Å²) >= 11 is 0. The molecule has 3 rings (SSSR count). The van der Waals surface area contributed by atoms with Crippen LogP contribution in [0.15, 0.2) is 67.8 Å². The Labute approximate surface area is 201 Å². The van der Waals surface area contributed by atoms with Gasteiger partial charge in [-0.1, -0.05) is 113 Å². The third-order valence-corrected chi connectivity index (χ3v) is 6.58. The lowest BCUT2D eigenvalue weighted by Crippen LogP contribution is -2.01. The second kappa shape index (κ2) is 12.3. The van der Waals surface area contributed by atoms with Crippen molar-refractivity contribution in [2.45, 2.75) is 65.2 Å². The first-order valence-corrected chi connectivity index (χ1v) is 12.5. The largest absolute Gasteiger partial charge is 0.398 e. The van der Waals surface area contributed by atoms with E-state index in [4.69, 9.17) is 5.73 Å². The van der Waals surface area contributed by atoms with Crippen LogP contribution in [0.2, 0.25) is 0 Å². The Kier molecular flexibility index (Phi) is 9.13. The molecule has 3 aromatic rings. The second-order valence-corrected chi connectivity index (χ2v) is 8.84. The molecular weight excluding hydrogens is 398 g/mol. The fraction of sp³-hybridized carbons (Fsp3) is 0.312. The lowest BCUT2D eigenvalue weighted by molar-refractivity contribution is 0.717. The molecule has 0 atom stereocenters. The number of hydrogen-bond acceptors (Lipinski definition) is 1. The van der Waals surface area contributed by atoms with Crippen LogP contribution >= 0.6 is 0 Å². The summed E-state index contributed by atoms with van der Waals surface area (Å²) in [5.41, 5.74) is 17.6. The quantitative estimate of drug-likeness (QED) is 0.222. The summed E-state index contributed by atoms with van der Waals surface area (Å²) < 4.78 is 0. The van der Waals surface area contributed by atoms with Crippen molar-refractivity contribution in [3.63, 3.8) is 0 Å². The molecule has 172 valence electrons. The Morgan fingerprint density at radius 3 is 1.67 bits per heavy atom. The van der Waals surface area contributed by atoms with Gasteiger partial charge in [0.25, 0.3) is 0 Å². The zero-order valence-electron chi connectivity index (χ0n) is 20.5. The molecule has 0 radical (unpaired) electrons. The molecular formula is C32H39N. The molecule has 0 saturated carbocycles. The lowest BCUT2D eigenvalue weighted by Gasteiger charge is -2.21. The average Bonchev–Trinajstić information content (AvgIpc) is 2.84. The highest BCUT2D eigenvalue weighted by Crippen LogP contribution is 2.42. The molecule has 0 aromatic heterocycles. The van der Waals surface area contributed by atoms with Crippen LogP contribution in [0, 0.1) is 0 Å². The molecule has 0 aliphatic heterocycles. The van der Waals surface area contributed by atoms with E-state index in [0.29, 0.717) is 0 Å². The van der Waals surface area contributed by atoms with Crippen molar-refractivity contribution >= 4 is 17.8 Å². The van der Waals surface area contributed by atoms with Crippen molar-refractivity contribution in [1.29, 1.82) is 0 Å². The van der Waals surface area contributed by atoms with Crippen LogP contribution in [0.5, 0.6) is 0 Å². The Hall–Kier alpha value is -3.06. The zero-order chi connectivity index (χ0) is 23.6. The Bertz CT molecular complexity index is 1090. The van der Waals surface area contributed by atoms with Gasteiger partial charge in [-0.05, 0) is 70.7 Å². The molecule has 0 spiro atoms. The molecule has 1 nitrogen and oxygen atoms in total. The van der Waals surface area contributed by atoms with E-state index >= 15 is 0 Å². The summed E-state index contributed by atoms with van der Waals surface area (Å²) in [6.45, 7) is 12.7. The molecule has 0 aliphatic rings. The lowest BCUT2D eigenvalue weighted by atomic mass is 9.84. The van der Waals surface area contributed by atoms with Gasteiger partial charge < -0.3 is 5.73 Å². The summed E-state index contributed by atoms with van der Waals surface area (Å²) in [5, 5.41) is 0. The number of hydrogen-bond donors (Lipinski definition) is 1. The van der Waals surface area contributed by atoms with E-state index in [0.717, 1.165) is 24.1 Å². The molecule has 0 aliphatic carbocycles. The third-order valence-electron chi connectivity index (χ3n) is 6.58. The van der Waals surface area contributed by atoms with Crippen molar-refractivity contribution in [1.82, 2.24) is 0 Å². The topological polar surface area (TPSA) is 26.0 Å². The molecule has 0 unspecified atom stereocenters. The van der Waals surface area contributed by atoms with E-state index in [1.807, 2.05) is 18.2 Å². The number of nitrogen functional groups attached to an aromatic ring is 1. The van der Waals surface area contributed by atoms with Gasteiger partial charge in [-0.25, -0.2) is 0 Å². The van der Waals surface area contributed by atoms with Gasteiger partial charge in [0.1, 0.15) is 0 Å². The Morgan fingerprint density at radius 2 is 1.12 bits per heavy atom. The van der Waals surface area contributed by atoms with E-state index in [1.165, 1.54) is 77.5 Å². The van der Waals surface area contributed by atoms with Crippen LogP contribution in [0.4, 0.5) is 5.69 Å². The van der Waals surface area contributed by atoms with Gasteiger partial charge in [0.15, 0.2) is 0 Å². The highest BCUT2D eigenvalue weighted by molar-refractivity contribution is 5.94. The molecule has 33 heavy (non-hydrogen) atoms. The molecule has 1 heteroatoms. The van der Waals surface area contributed by atoms with Gasteiger partial charge in [0.05, 0.1) is 0 Å². The first kappa shape index (κ1) is 24.6. The van der Waals surface area contributed by atoms with Crippen LogP contribution in [0.3, 0.4) is 0 Å². The molecule has 0 heterocycles. The number of nitrogens with two attached hydrogens (primary N) is 1. The van der Waals surface area contributed by atoms with Gasteiger partial charge in [-0.15, -0.1) is 0 Å². The monoisotopic (exact) mass is 437 g/mol. The number of benzene rings is 3. The summed E-state index contributed by atoms with van der Waals surface area (Å²) in [6.07, 6.45) is 13.3. The van der Waals surface area contributed by atoms with Crippen LogP contribution in [-0.2, 0) is 12.8 Å². The van der Waals surface area contributed by atoms with Crippen molar-refractivity contribution in [2.24, 2.45) is 0 Å². The van der Waals surface area contributed by atoms with Crippen LogP contribution in [-0.4, -0.2) is 0 Å². The van der Waals surface area contributed by atoms with Gasteiger partial charge in [0, 0.05) is 11.3 Å². The van der Waals surface area contributed by atoms with E-state index in [-0.39, 0.29) is 0 Å². The van der Waals surface area contributed by atoms with Gasteiger partial charge >= 0.3 is 0 Å². The van der Waals surface area contributed by atoms with Crippen molar-refractivity contribution < 1.29 is 0 Å². The molecule has 2 N–H and O–H groups in total. The Balaban J connectivity index is 2.23. The highest BCUT2D eigenvalue weighted by atomic mass is 14.6. The normalized spacial score (nSPS) is 10.8. The van der Waals surface area contributed by atoms with Crippen molar-refractivity contribution in [3.8, 4) is 22.3 Å². The van der Waals surface area contributed by atoms with Crippen LogP contribution in [0.25, 0.3) is 34.4 Å². The minimum atomic E-state index is 0.828. The molecule has 0 saturated heterocycles. The van der Waals surface area contributed by atoms with Gasteiger partial charge in [-0.3, -0.25) is 0 Å². The first-order chi connectivity index (χ1) is 16.2. The summed E-state index contributed by atoms with van der Waals surface area (Å²) in [6, 6.07) is 19.5. The maximum absolute atomic E-state index is 6.70. The van der Waals surface area contributed by atoms with Crippen molar-refractivity contribution in [3.05, 3.63) is 90.0 Å². The first-order valence-electron chi connectivity index (χ1n) is 12.5. The summed E-state index contributed by atoms with van der Waals surface area (Å²) in [5.74, 6) is 0. The maximum atomic E-state index is 6.70. The van der Waals surface area contributed by atoms with Crippen molar-refractivity contribution in [2.75, 3.05) is 5.73 Å². The second-order valence-electron chi connectivity index (χ2n) is 8.84. The average molecular weight is 438 g/mol. The fourth-order valence-corrected chi connectivity index (χ4v) is 4.84. The standard InChI is InChI=1S/C32H39N/c1-5-9-11-18-26-24(7-3)16-13-20-28(26)30-22-15-23-31(33)32(30)29-21-14-17-25(8-4)27(29)19-12-10-6-2/h7-8,13-17,20-23H,3-6,9-12,18-19,33H2,1-2H3. The summed E-state index contributed by atoms with van der Waals surface area (Å²) in [7, 11) is 0. The van der Waals surface area contributed by atoms with Crippen LogP contribution in [0.1, 0.15) is 74.6 Å². The Morgan fingerprint density at radius 1 is 0.636 bits per heavy atom. The van der Waals surface area contributed by atoms with E-state index in [1.54, 1.807) is 0 Å². The fourth-order valence-electron chi connectivity index (χ4n) is 4.84. The number of unbranched alkanes of at least 4 members (excludes halogenated alkanes) is 4. The zero-order valence-corrected chi connectivity index (χ0v) is 20.5. The SMILES string of the molecule is C=Cc1cccc(-c2cccc(N)c2-c2cccc(C=C)c2CCCCC)c1CCCCC. The molecule has 0 fully saturated rings. The predicted molar refractivity (Wildman–Crippen MR) is 148 cm³/mol. The smallest absolute Gasteiger partial charge is 0.0400 e. The molecule has 0 amide bonds. The minimum absolute atomic E-state index is 0.828. The molecule has 0 bridgehead atoms. The van der Waals surface area contributed by atoms with E-state index in [2.05, 4.69) is 75.5 Å². The minimum Gasteiger partial charge on any atom is -0.398 e. The third kappa shape index (κ3) is 5.66. The summed E-state index contributed by atoms with van der Waals surface area (Å²) in [4.78, 5) is 0. The number of rotatable bonds is 12. The van der Waals surface area contributed by atoms with Gasteiger partial charge in [-0.2, -0.15) is 0 Å². The van der Waals surface area contributed by atoms with Crippen LogP contribution < -0.4 is 5.73 Å². The number of anilines is 1. The van der Waals surface area contributed by atoms with Gasteiger partial charge in [0.2, 0.25) is 0 Å². The highest BCUT2D eigenvalue weighted by Gasteiger charge is 2.18. The van der Waals surface area contributed by atoms with E-state index in [9.17, 15) is 0 Å². The predicted octanol–water partition coefficient (Wildman–Crippen LogP) is 9.35.